The van der Waals surface area contributed by atoms with Crippen LogP contribution in [0, 0.1) is 13.8 Å². The normalized spacial score (nSPS) is 8.77. The van der Waals surface area contributed by atoms with Gasteiger partial charge in [0.05, 0.1) is 6.33 Å². The van der Waals surface area contributed by atoms with Crippen molar-refractivity contribution in [1.29, 1.82) is 0 Å². The molecule has 0 fully saturated rings. The number of nitrogens with zero attached hydrogens (tertiary/aromatic N) is 1. The molecule has 0 aliphatic carbocycles. The summed E-state index contributed by atoms with van der Waals surface area (Å²) in [5, 5.41) is 0. The lowest BCUT2D eigenvalue weighted by atomic mass is 10.1. The Morgan fingerprint density at radius 2 is 1.69 bits per heavy atom. The van der Waals surface area contributed by atoms with Crippen LogP contribution in [0.4, 0.5) is 0 Å². The quantitative estimate of drug-likeness (QED) is 0.653. The van der Waals surface area contributed by atoms with E-state index in [1.165, 1.54) is 11.1 Å². The number of aryl methyl sites for hydroxylation is 2. The Hall–Kier alpha value is -1.57. The van der Waals surface area contributed by atoms with Gasteiger partial charge in [-0.25, -0.2) is 4.98 Å². The fourth-order valence-corrected chi connectivity index (χ4v) is 0.878. The third kappa shape index (κ3) is 3.56. The van der Waals surface area contributed by atoms with E-state index in [0.29, 0.717) is 0 Å². The first-order valence-corrected chi connectivity index (χ1v) is 4.25. The molecule has 2 nitrogen and oxygen atoms in total. The Labute approximate surface area is 78.7 Å². The molecule has 68 valence electrons. The number of aromatic nitrogens is 2. The van der Waals surface area contributed by atoms with Gasteiger partial charge in [-0.3, -0.25) is 0 Å². The molecular formula is C11H14N2. The maximum absolute atomic E-state index is 3.67. The molecule has 1 N–H and O–H groups in total. The molecular weight excluding hydrogens is 160 g/mol. The first kappa shape index (κ1) is 9.52. The molecule has 2 rings (SSSR count). The van der Waals surface area contributed by atoms with E-state index in [9.17, 15) is 0 Å². The number of nitrogens with one attached hydrogen (secondary N) is 1. The van der Waals surface area contributed by atoms with Crippen molar-refractivity contribution in [2.75, 3.05) is 0 Å². The van der Waals surface area contributed by atoms with Gasteiger partial charge in [-0.1, -0.05) is 24.3 Å². The summed E-state index contributed by atoms with van der Waals surface area (Å²) in [6, 6.07) is 8.36. The van der Waals surface area contributed by atoms with Crippen LogP contribution in [-0.2, 0) is 0 Å². The Kier molecular flexibility index (Phi) is 3.76. The van der Waals surface area contributed by atoms with Crippen molar-refractivity contribution in [2.24, 2.45) is 0 Å². The molecule has 0 aliphatic rings. The standard InChI is InChI=1S/C8H10.C3H4N2/c1-7-5-3-4-6-8(7)2;1-2-5-3-4-1/h3-6H,1-2H3;1-3H,(H,4,5). The Morgan fingerprint density at radius 1 is 1.08 bits per heavy atom. The molecule has 2 aromatic rings. The van der Waals surface area contributed by atoms with Crippen LogP contribution < -0.4 is 0 Å². The fourth-order valence-electron chi connectivity index (χ4n) is 0.878. The van der Waals surface area contributed by atoms with E-state index in [0.717, 1.165) is 0 Å². The molecule has 0 radical (unpaired) electrons. The smallest absolute Gasteiger partial charge is 0.0919 e. The van der Waals surface area contributed by atoms with Crippen molar-refractivity contribution in [3.8, 4) is 0 Å². The van der Waals surface area contributed by atoms with E-state index in [-0.39, 0.29) is 0 Å². The monoisotopic (exact) mass is 174 g/mol. The minimum Gasteiger partial charge on any atom is -0.351 e. The zero-order valence-corrected chi connectivity index (χ0v) is 7.99. The minimum atomic E-state index is 1.37. The highest BCUT2D eigenvalue weighted by Crippen LogP contribution is 2.02. The molecule has 0 saturated carbocycles. The van der Waals surface area contributed by atoms with Crippen LogP contribution in [0.2, 0.25) is 0 Å². The van der Waals surface area contributed by atoms with Gasteiger partial charge < -0.3 is 4.98 Å². The number of aromatic amines is 1. The third-order valence-electron chi connectivity index (χ3n) is 1.83. The molecule has 2 heteroatoms. The molecule has 0 unspecified atom stereocenters. The zero-order chi connectivity index (χ0) is 9.52. The summed E-state index contributed by atoms with van der Waals surface area (Å²) in [7, 11) is 0. The summed E-state index contributed by atoms with van der Waals surface area (Å²) in [5.74, 6) is 0. The highest BCUT2D eigenvalue weighted by Gasteiger charge is 1.83. The number of hydrogen-bond donors (Lipinski definition) is 1. The minimum absolute atomic E-state index is 1.37. The number of imidazole rings is 1. The van der Waals surface area contributed by atoms with Gasteiger partial charge in [0.2, 0.25) is 0 Å². The van der Waals surface area contributed by atoms with Crippen LogP contribution in [0.5, 0.6) is 0 Å². The molecule has 1 aromatic heterocycles. The lowest BCUT2D eigenvalue weighted by molar-refractivity contribution is 1.31. The van der Waals surface area contributed by atoms with Crippen LogP contribution in [0.15, 0.2) is 43.0 Å². The first-order valence-electron chi connectivity index (χ1n) is 4.25. The van der Waals surface area contributed by atoms with Crippen LogP contribution in [0.3, 0.4) is 0 Å². The van der Waals surface area contributed by atoms with Crippen LogP contribution >= 0.6 is 0 Å². The largest absolute Gasteiger partial charge is 0.351 e. The zero-order valence-electron chi connectivity index (χ0n) is 7.99. The molecule has 0 atom stereocenters. The molecule has 0 saturated heterocycles. The van der Waals surface area contributed by atoms with Gasteiger partial charge in [-0.2, -0.15) is 0 Å². The van der Waals surface area contributed by atoms with Gasteiger partial charge >= 0.3 is 0 Å². The topological polar surface area (TPSA) is 28.7 Å². The second kappa shape index (κ2) is 5.14. The Balaban J connectivity index is 0.000000145. The summed E-state index contributed by atoms with van der Waals surface area (Å²) >= 11 is 0. The van der Waals surface area contributed by atoms with Gasteiger partial charge in [0.25, 0.3) is 0 Å². The number of hydrogen-bond acceptors (Lipinski definition) is 1. The molecule has 0 aliphatic heterocycles. The number of rotatable bonds is 0. The van der Waals surface area contributed by atoms with Crippen molar-refractivity contribution >= 4 is 0 Å². The van der Waals surface area contributed by atoms with E-state index in [2.05, 4.69) is 48.1 Å². The molecule has 13 heavy (non-hydrogen) atoms. The van der Waals surface area contributed by atoms with Gasteiger partial charge in [-0.15, -0.1) is 0 Å². The predicted octanol–water partition coefficient (Wildman–Crippen LogP) is 2.71. The highest BCUT2D eigenvalue weighted by molar-refractivity contribution is 5.23. The predicted molar refractivity (Wildman–Crippen MR) is 54.5 cm³/mol. The van der Waals surface area contributed by atoms with Crippen molar-refractivity contribution in [3.63, 3.8) is 0 Å². The average molecular weight is 174 g/mol. The number of H-pyrrole nitrogens is 1. The summed E-state index contributed by atoms with van der Waals surface area (Å²) in [5.41, 5.74) is 2.74. The van der Waals surface area contributed by atoms with E-state index in [1.807, 2.05) is 0 Å². The summed E-state index contributed by atoms with van der Waals surface area (Å²) in [6.07, 6.45) is 5.08. The van der Waals surface area contributed by atoms with E-state index >= 15 is 0 Å². The van der Waals surface area contributed by atoms with Crippen LogP contribution in [0.25, 0.3) is 0 Å². The lowest BCUT2D eigenvalue weighted by Gasteiger charge is -1.93. The summed E-state index contributed by atoms with van der Waals surface area (Å²) in [4.78, 5) is 6.42. The van der Waals surface area contributed by atoms with Gasteiger partial charge in [0.15, 0.2) is 0 Å². The van der Waals surface area contributed by atoms with Crippen molar-refractivity contribution in [1.82, 2.24) is 9.97 Å². The van der Waals surface area contributed by atoms with Gasteiger partial charge in [-0.05, 0) is 25.0 Å². The SMILES string of the molecule is Cc1ccccc1C.c1c[nH]cn1. The third-order valence-corrected chi connectivity index (χ3v) is 1.83. The fraction of sp³-hybridized carbons (Fsp3) is 0.182. The second-order valence-electron chi connectivity index (χ2n) is 2.84. The van der Waals surface area contributed by atoms with Gasteiger partial charge in [0.1, 0.15) is 0 Å². The van der Waals surface area contributed by atoms with Crippen molar-refractivity contribution in [2.45, 2.75) is 13.8 Å². The first-order chi connectivity index (χ1) is 6.30. The second-order valence-corrected chi connectivity index (χ2v) is 2.84. The maximum Gasteiger partial charge on any atom is 0.0919 e. The molecule has 0 amide bonds. The maximum atomic E-state index is 3.67. The summed E-state index contributed by atoms with van der Waals surface area (Å²) in [6.45, 7) is 4.24. The van der Waals surface area contributed by atoms with Crippen LogP contribution in [0.1, 0.15) is 11.1 Å². The van der Waals surface area contributed by atoms with E-state index in [1.54, 1.807) is 18.7 Å². The summed E-state index contributed by atoms with van der Waals surface area (Å²) < 4.78 is 0. The Morgan fingerprint density at radius 3 is 1.92 bits per heavy atom. The number of benzene rings is 1. The lowest BCUT2D eigenvalue weighted by Crippen LogP contribution is -1.74. The average Bonchev–Trinajstić information content (AvgIpc) is 2.68. The van der Waals surface area contributed by atoms with Crippen molar-refractivity contribution < 1.29 is 0 Å². The Bertz CT molecular complexity index is 287. The highest BCUT2D eigenvalue weighted by atomic mass is 14.8. The molecule has 1 heterocycles. The molecule has 0 bridgehead atoms. The molecule has 1 aromatic carbocycles. The van der Waals surface area contributed by atoms with Crippen molar-refractivity contribution in [3.05, 3.63) is 54.1 Å². The van der Waals surface area contributed by atoms with E-state index < -0.39 is 0 Å². The molecule has 0 spiro atoms. The van der Waals surface area contributed by atoms with Crippen LogP contribution in [-0.4, -0.2) is 9.97 Å². The van der Waals surface area contributed by atoms with E-state index in [4.69, 9.17) is 0 Å². The van der Waals surface area contributed by atoms with Gasteiger partial charge in [0, 0.05) is 12.4 Å².